The first-order valence-electron chi connectivity index (χ1n) is 5.23. The third-order valence-corrected chi connectivity index (χ3v) is 2.25. The Labute approximate surface area is 85.2 Å². The second-order valence-electron chi connectivity index (χ2n) is 3.56. The van der Waals surface area contributed by atoms with Gasteiger partial charge in [0, 0.05) is 13.7 Å². The monoisotopic (exact) mass is 204 g/mol. The van der Waals surface area contributed by atoms with Crippen LogP contribution in [0.4, 0.5) is 0 Å². The van der Waals surface area contributed by atoms with Gasteiger partial charge in [-0.15, -0.1) is 0 Å². The van der Waals surface area contributed by atoms with E-state index in [1.54, 1.807) is 7.11 Å². The van der Waals surface area contributed by atoms with Crippen LogP contribution in [0.15, 0.2) is 0 Å². The summed E-state index contributed by atoms with van der Waals surface area (Å²) in [6.45, 7) is 1.70. The molecular weight excluding hydrogens is 184 g/mol. The fourth-order valence-electron chi connectivity index (χ4n) is 1.45. The van der Waals surface area contributed by atoms with Gasteiger partial charge in [0.2, 0.25) is 0 Å². The molecule has 1 heterocycles. The van der Waals surface area contributed by atoms with Crippen LogP contribution in [0.25, 0.3) is 0 Å². The molecule has 0 aliphatic carbocycles. The van der Waals surface area contributed by atoms with E-state index in [9.17, 15) is 5.11 Å². The standard InChI is InChI=1S/C10H20O4/c1-12-8-9(11)5-7-14-10-4-2-3-6-13-10/h9-11H,2-8H2,1H3. The Morgan fingerprint density at radius 1 is 1.50 bits per heavy atom. The molecule has 4 heteroatoms. The first kappa shape index (κ1) is 11.9. The fraction of sp³-hybridized carbons (Fsp3) is 1.00. The molecule has 1 aliphatic rings. The topological polar surface area (TPSA) is 47.9 Å². The van der Waals surface area contributed by atoms with Crippen molar-refractivity contribution in [2.24, 2.45) is 0 Å². The summed E-state index contributed by atoms with van der Waals surface area (Å²) in [5.74, 6) is 0. The molecule has 1 saturated heterocycles. The molecule has 0 radical (unpaired) electrons. The van der Waals surface area contributed by atoms with E-state index >= 15 is 0 Å². The first-order valence-corrected chi connectivity index (χ1v) is 5.23. The SMILES string of the molecule is COCC(O)CCOC1CCCCO1. The van der Waals surface area contributed by atoms with Crippen molar-refractivity contribution >= 4 is 0 Å². The summed E-state index contributed by atoms with van der Waals surface area (Å²) in [4.78, 5) is 0. The van der Waals surface area contributed by atoms with Crippen LogP contribution in [0.3, 0.4) is 0 Å². The lowest BCUT2D eigenvalue weighted by molar-refractivity contribution is -0.166. The van der Waals surface area contributed by atoms with E-state index in [0.717, 1.165) is 19.4 Å². The zero-order chi connectivity index (χ0) is 10.2. The molecule has 0 aromatic carbocycles. The highest BCUT2D eigenvalue weighted by atomic mass is 16.7. The van der Waals surface area contributed by atoms with E-state index in [1.807, 2.05) is 0 Å². The largest absolute Gasteiger partial charge is 0.391 e. The molecule has 1 rings (SSSR count). The molecule has 0 bridgehead atoms. The van der Waals surface area contributed by atoms with Crippen LogP contribution < -0.4 is 0 Å². The van der Waals surface area contributed by atoms with E-state index < -0.39 is 6.10 Å². The van der Waals surface area contributed by atoms with Gasteiger partial charge in [-0.25, -0.2) is 0 Å². The molecule has 0 amide bonds. The smallest absolute Gasteiger partial charge is 0.157 e. The number of aliphatic hydroxyl groups is 1. The Kier molecular flexibility index (Phi) is 6.10. The van der Waals surface area contributed by atoms with E-state index in [0.29, 0.717) is 19.6 Å². The summed E-state index contributed by atoms with van der Waals surface area (Å²) in [6, 6.07) is 0. The molecule has 2 atom stereocenters. The average molecular weight is 204 g/mol. The molecule has 0 spiro atoms. The fourth-order valence-corrected chi connectivity index (χ4v) is 1.45. The minimum Gasteiger partial charge on any atom is -0.391 e. The zero-order valence-corrected chi connectivity index (χ0v) is 8.78. The second kappa shape index (κ2) is 7.17. The molecule has 1 fully saturated rings. The van der Waals surface area contributed by atoms with Crippen LogP contribution >= 0.6 is 0 Å². The number of hydrogen-bond acceptors (Lipinski definition) is 4. The molecule has 2 unspecified atom stereocenters. The third-order valence-electron chi connectivity index (χ3n) is 2.25. The summed E-state index contributed by atoms with van der Waals surface area (Å²) < 4.78 is 15.7. The summed E-state index contributed by atoms with van der Waals surface area (Å²) >= 11 is 0. The highest BCUT2D eigenvalue weighted by Gasteiger charge is 2.14. The van der Waals surface area contributed by atoms with E-state index in [-0.39, 0.29) is 6.29 Å². The molecule has 84 valence electrons. The Morgan fingerprint density at radius 2 is 2.36 bits per heavy atom. The molecule has 1 aliphatic heterocycles. The van der Waals surface area contributed by atoms with Gasteiger partial charge in [0.05, 0.1) is 19.3 Å². The second-order valence-corrected chi connectivity index (χ2v) is 3.56. The van der Waals surface area contributed by atoms with Gasteiger partial charge in [-0.1, -0.05) is 0 Å². The number of hydrogen-bond donors (Lipinski definition) is 1. The predicted molar refractivity (Wildman–Crippen MR) is 52.0 cm³/mol. The van der Waals surface area contributed by atoms with Gasteiger partial charge < -0.3 is 19.3 Å². The van der Waals surface area contributed by atoms with Gasteiger partial charge in [-0.05, 0) is 25.7 Å². The summed E-state index contributed by atoms with van der Waals surface area (Å²) in [7, 11) is 1.58. The molecule has 0 saturated carbocycles. The van der Waals surface area contributed by atoms with Gasteiger partial charge in [0.15, 0.2) is 6.29 Å². The third kappa shape index (κ3) is 4.91. The van der Waals surface area contributed by atoms with Crippen molar-refractivity contribution in [1.82, 2.24) is 0 Å². The van der Waals surface area contributed by atoms with Crippen molar-refractivity contribution < 1.29 is 19.3 Å². The number of methoxy groups -OCH3 is 1. The summed E-state index contributed by atoms with van der Waals surface area (Å²) in [5, 5.41) is 9.33. The zero-order valence-electron chi connectivity index (χ0n) is 8.78. The van der Waals surface area contributed by atoms with Gasteiger partial charge in [-0.2, -0.15) is 0 Å². The van der Waals surface area contributed by atoms with Crippen molar-refractivity contribution in [2.75, 3.05) is 26.9 Å². The van der Waals surface area contributed by atoms with Crippen molar-refractivity contribution in [3.05, 3.63) is 0 Å². The van der Waals surface area contributed by atoms with Crippen molar-refractivity contribution in [3.8, 4) is 0 Å². The summed E-state index contributed by atoms with van der Waals surface area (Å²) in [6.07, 6.45) is 3.40. The lowest BCUT2D eigenvalue weighted by atomic mass is 10.2. The predicted octanol–water partition coefficient (Wildman–Crippen LogP) is 0.927. The first-order chi connectivity index (χ1) is 6.83. The molecule has 4 nitrogen and oxygen atoms in total. The molecule has 0 aromatic rings. The Bertz CT molecular complexity index is 134. The minimum absolute atomic E-state index is 0.0569. The lowest BCUT2D eigenvalue weighted by Gasteiger charge is -2.23. The maximum absolute atomic E-state index is 9.33. The lowest BCUT2D eigenvalue weighted by Crippen LogP contribution is -2.24. The van der Waals surface area contributed by atoms with Crippen LogP contribution in [0, 0.1) is 0 Å². The van der Waals surface area contributed by atoms with Gasteiger partial charge in [-0.3, -0.25) is 0 Å². The van der Waals surface area contributed by atoms with Crippen LogP contribution in [-0.4, -0.2) is 44.4 Å². The molecular formula is C10H20O4. The van der Waals surface area contributed by atoms with Gasteiger partial charge >= 0.3 is 0 Å². The Hall–Kier alpha value is -0.160. The highest BCUT2D eigenvalue weighted by molar-refractivity contribution is 4.56. The average Bonchev–Trinajstić information content (AvgIpc) is 2.20. The summed E-state index contributed by atoms with van der Waals surface area (Å²) in [5.41, 5.74) is 0. The van der Waals surface area contributed by atoms with E-state index in [1.165, 1.54) is 6.42 Å². The van der Waals surface area contributed by atoms with Crippen LogP contribution in [-0.2, 0) is 14.2 Å². The quantitative estimate of drug-likeness (QED) is 0.699. The van der Waals surface area contributed by atoms with Gasteiger partial charge in [0.25, 0.3) is 0 Å². The Balaban J connectivity index is 1.96. The number of aliphatic hydroxyl groups excluding tert-OH is 1. The van der Waals surface area contributed by atoms with Crippen LogP contribution in [0.1, 0.15) is 25.7 Å². The van der Waals surface area contributed by atoms with Crippen LogP contribution in [0.5, 0.6) is 0 Å². The van der Waals surface area contributed by atoms with Gasteiger partial charge in [0.1, 0.15) is 0 Å². The van der Waals surface area contributed by atoms with Crippen molar-refractivity contribution in [3.63, 3.8) is 0 Å². The van der Waals surface area contributed by atoms with Crippen LogP contribution in [0.2, 0.25) is 0 Å². The number of rotatable bonds is 6. The van der Waals surface area contributed by atoms with Crippen molar-refractivity contribution in [1.29, 1.82) is 0 Å². The number of ether oxygens (including phenoxy) is 3. The maximum atomic E-state index is 9.33. The molecule has 0 aromatic heterocycles. The van der Waals surface area contributed by atoms with E-state index in [2.05, 4.69) is 0 Å². The Morgan fingerprint density at radius 3 is 3.00 bits per heavy atom. The minimum atomic E-state index is -0.427. The van der Waals surface area contributed by atoms with E-state index in [4.69, 9.17) is 14.2 Å². The highest BCUT2D eigenvalue weighted by Crippen LogP contribution is 2.13. The molecule has 1 N–H and O–H groups in total. The van der Waals surface area contributed by atoms with Crippen molar-refractivity contribution in [2.45, 2.75) is 38.1 Å². The molecule has 14 heavy (non-hydrogen) atoms. The normalized spacial score (nSPS) is 24.9. The maximum Gasteiger partial charge on any atom is 0.157 e.